The summed E-state index contributed by atoms with van der Waals surface area (Å²) in [6.45, 7) is 7.02. The van der Waals surface area contributed by atoms with Crippen LogP contribution in [-0.4, -0.2) is 61.5 Å². The van der Waals surface area contributed by atoms with Crippen LogP contribution < -0.4 is 5.43 Å². The average Bonchev–Trinajstić information content (AvgIpc) is 3.40. The zero-order valence-corrected chi connectivity index (χ0v) is 21.0. The molecule has 4 rings (SSSR count). The molecule has 2 heterocycles. The first-order chi connectivity index (χ1) is 15.1. The van der Waals surface area contributed by atoms with Crippen molar-refractivity contribution in [3.05, 3.63) is 16.3 Å². The summed E-state index contributed by atoms with van der Waals surface area (Å²) in [7, 11) is -3.77. The Balaban J connectivity index is 1.36. The number of hydrogen-bond donors (Lipinski definition) is 1. The quantitative estimate of drug-likeness (QED) is 0.477. The number of hydrazone groups is 1. The van der Waals surface area contributed by atoms with Crippen molar-refractivity contribution in [1.29, 1.82) is 0 Å². The van der Waals surface area contributed by atoms with Gasteiger partial charge in [0.2, 0.25) is 10.0 Å². The van der Waals surface area contributed by atoms with Gasteiger partial charge in [-0.2, -0.15) is 21.2 Å². The van der Waals surface area contributed by atoms with Crippen molar-refractivity contribution in [2.24, 2.45) is 21.8 Å². The monoisotopic (exact) mass is 499 g/mol. The standard InChI is InChI=1S/C21H29N3O5S3/c1-20(2)14-4-6-21(20,3)16(12-14)22-23-17(25)13-29-19(26)18-15(5-9-31-18)32(27,28)24-7-10-30-11-8-24/h5,9,14H,4,6-8,10-13H2,1-3H3,(H,23,25)/b22-16-. The Morgan fingerprint density at radius 2 is 2.00 bits per heavy atom. The molecule has 0 aromatic carbocycles. The summed E-state index contributed by atoms with van der Waals surface area (Å²) in [5, 5.41) is 5.90. The highest BCUT2D eigenvalue weighted by Crippen LogP contribution is 2.63. The van der Waals surface area contributed by atoms with Crippen LogP contribution in [0.15, 0.2) is 21.4 Å². The minimum Gasteiger partial charge on any atom is -0.451 e. The summed E-state index contributed by atoms with van der Waals surface area (Å²) in [5.74, 6) is 0.662. The normalized spacial score (nSPS) is 28.7. The van der Waals surface area contributed by atoms with Crippen molar-refractivity contribution in [2.75, 3.05) is 31.2 Å². The molecule has 1 N–H and O–H groups in total. The number of carbonyl (C=O) groups is 2. The maximum Gasteiger partial charge on any atom is 0.350 e. The minimum absolute atomic E-state index is 0.00953. The molecule has 2 saturated carbocycles. The number of hydrogen-bond acceptors (Lipinski definition) is 8. The van der Waals surface area contributed by atoms with E-state index < -0.39 is 28.5 Å². The molecule has 1 aliphatic heterocycles. The molecule has 2 atom stereocenters. The topological polar surface area (TPSA) is 105 Å². The molecular weight excluding hydrogens is 470 g/mol. The third-order valence-corrected chi connectivity index (χ3v) is 11.5. The molecule has 1 saturated heterocycles. The zero-order chi connectivity index (χ0) is 23.1. The van der Waals surface area contributed by atoms with Gasteiger partial charge >= 0.3 is 5.97 Å². The molecule has 3 fully saturated rings. The highest BCUT2D eigenvalue weighted by atomic mass is 32.2. The van der Waals surface area contributed by atoms with E-state index in [4.69, 9.17) is 4.74 Å². The van der Waals surface area contributed by atoms with E-state index in [0.717, 1.165) is 41.4 Å². The lowest BCUT2D eigenvalue weighted by Crippen LogP contribution is -2.38. The molecule has 2 bridgehead atoms. The summed E-state index contributed by atoms with van der Waals surface area (Å²) in [4.78, 5) is 24.7. The Kier molecular flexibility index (Phi) is 6.47. The largest absolute Gasteiger partial charge is 0.451 e. The lowest BCUT2D eigenvalue weighted by Gasteiger charge is -2.34. The molecular formula is C21H29N3O5S3. The fourth-order valence-corrected chi connectivity index (χ4v) is 8.89. The fraction of sp³-hybridized carbons (Fsp3) is 0.667. The first-order valence-electron chi connectivity index (χ1n) is 10.8. The van der Waals surface area contributed by atoms with Crippen molar-refractivity contribution in [2.45, 2.75) is 44.9 Å². The Hall–Kier alpha value is -1.43. The molecule has 1 aromatic heterocycles. The van der Waals surface area contributed by atoms with Crippen molar-refractivity contribution in [3.63, 3.8) is 0 Å². The van der Waals surface area contributed by atoms with E-state index in [-0.39, 0.29) is 20.6 Å². The number of esters is 1. The molecule has 1 amide bonds. The Bertz CT molecular complexity index is 1040. The molecule has 0 spiro atoms. The number of thiophene rings is 1. The van der Waals surface area contributed by atoms with Gasteiger partial charge in [-0.1, -0.05) is 20.8 Å². The van der Waals surface area contributed by atoms with E-state index in [1.807, 2.05) is 0 Å². The van der Waals surface area contributed by atoms with Crippen LogP contribution in [0.4, 0.5) is 0 Å². The van der Waals surface area contributed by atoms with Gasteiger partial charge in [-0.05, 0) is 42.0 Å². The Morgan fingerprint density at radius 1 is 1.28 bits per heavy atom. The number of carbonyl (C=O) groups excluding carboxylic acids is 2. The van der Waals surface area contributed by atoms with E-state index >= 15 is 0 Å². The van der Waals surface area contributed by atoms with Gasteiger partial charge in [0.25, 0.3) is 5.91 Å². The average molecular weight is 500 g/mol. The number of sulfonamides is 1. The molecule has 32 heavy (non-hydrogen) atoms. The summed E-state index contributed by atoms with van der Waals surface area (Å²) in [6, 6.07) is 1.42. The second-order valence-electron chi connectivity index (χ2n) is 9.29. The van der Waals surface area contributed by atoms with Crippen LogP contribution in [0.1, 0.15) is 49.7 Å². The van der Waals surface area contributed by atoms with Crippen LogP contribution in [0.2, 0.25) is 0 Å². The van der Waals surface area contributed by atoms with Crippen LogP contribution in [0.3, 0.4) is 0 Å². The van der Waals surface area contributed by atoms with Crippen molar-refractivity contribution >= 4 is 50.7 Å². The zero-order valence-electron chi connectivity index (χ0n) is 18.5. The molecule has 8 nitrogen and oxygen atoms in total. The Labute approximate surface area is 197 Å². The van der Waals surface area contributed by atoms with Gasteiger partial charge in [0.05, 0.1) is 0 Å². The van der Waals surface area contributed by atoms with Crippen molar-refractivity contribution in [3.8, 4) is 0 Å². The summed E-state index contributed by atoms with van der Waals surface area (Å²) in [6.07, 6.45) is 3.10. The molecule has 2 aliphatic carbocycles. The number of amides is 1. The lowest BCUT2D eigenvalue weighted by molar-refractivity contribution is -0.124. The van der Waals surface area contributed by atoms with Crippen LogP contribution in [0.5, 0.6) is 0 Å². The second-order valence-corrected chi connectivity index (χ2v) is 13.3. The van der Waals surface area contributed by atoms with Crippen molar-refractivity contribution < 1.29 is 22.7 Å². The van der Waals surface area contributed by atoms with Crippen molar-refractivity contribution in [1.82, 2.24) is 9.73 Å². The van der Waals surface area contributed by atoms with Gasteiger partial charge in [-0.25, -0.2) is 18.6 Å². The van der Waals surface area contributed by atoms with Gasteiger partial charge in [0.15, 0.2) is 6.61 Å². The molecule has 0 radical (unpaired) electrons. The maximum absolute atomic E-state index is 12.9. The van der Waals surface area contributed by atoms with Crippen LogP contribution >= 0.6 is 23.1 Å². The lowest BCUT2D eigenvalue weighted by atomic mass is 9.70. The summed E-state index contributed by atoms with van der Waals surface area (Å²) in [5.41, 5.74) is 3.62. The first-order valence-corrected chi connectivity index (χ1v) is 14.2. The second kappa shape index (κ2) is 8.73. The predicted octanol–water partition coefficient (Wildman–Crippen LogP) is 2.96. The van der Waals surface area contributed by atoms with E-state index in [9.17, 15) is 18.0 Å². The fourth-order valence-electron chi connectivity index (χ4n) is 5.03. The summed E-state index contributed by atoms with van der Waals surface area (Å²) < 4.78 is 32.4. The van der Waals surface area contributed by atoms with Gasteiger partial charge in [0, 0.05) is 35.7 Å². The SMILES string of the molecule is CC12CCC(C/C1=N/NC(=O)COC(=O)c1sccc1S(=O)(=O)N1CCSCC1)C2(C)C. The third kappa shape index (κ3) is 4.01. The number of fused-ring (bicyclic) bond motifs is 2. The highest BCUT2D eigenvalue weighted by Gasteiger charge is 2.60. The van der Waals surface area contributed by atoms with Gasteiger partial charge in [-0.3, -0.25) is 4.79 Å². The highest BCUT2D eigenvalue weighted by molar-refractivity contribution is 7.99. The first kappa shape index (κ1) is 23.7. The third-order valence-electron chi connectivity index (χ3n) is 7.56. The molecule has 2 unspecified atom stereocenters. The molecule has 3 aliphatic rings. The van der Waals surface area contributed by atoms with E-state index in [1.54, 1.807) is 17.1 Å². The maximum atomic E-state index is 12.9. The van der Waals surface area contributed by atoms with Gasteiger partial charge in [0.1, 0.15) is 9.77 Å². The van der Waals surface area contributed by atoms with E-state index in [1.165, 1.54) is 16.8 Å². The van der Waals surface area contributed by atoms with Gasteiger partial charge < -0.3 is 4.74 Å². The predicted molar refractivity (Wildman–Crippen MR) is 125 cm³/mol. The van der Waals surface area contributed by atoms with Crippen LogP contribution in [-0.2, 0) is 19.6 Å². The molecule has 176 valence electrons. The number of nitrogens with zero attached hydrogens (tertiary/aromatic N) is 2. The van der Waals surface area contributed by atoms with E-state index in [0.29, 0.717) is 19.0 Å². The molecule has 11 heteroatoms. The number of rotatable bonds is 6. The summed E-state index contributed by atoms with van der Waals surface area (Å²) >= 11 is 2.70. The smallest absolute Gasteiger partial charge is 0.350 e. The van der Waals surface area contributed by atoms with Crippen LogP contribution in [0, 0.1) is 16.7 Å². The molecule has 1 aromatic rings. The van der Waals surface area contributed by atoms with E-state index in [2.05, 4.69) is 31.3 Å². The minimum atomic E-state index is -3.77. The number of thioether (sulfide) groups is 1. The number of nitrogens with one attached hydrogen (secondary N) is 1. The Morgan fingerprint density at radius 3 is 2.62 bits per heavy atom. The number of ether oxygens (including phenoxy) is 1. The van der Waals surface area contributed by atoms with Crippen LogP contribution in [0.25, 0.3) is 0 Å². The van der Waals surface area contributed by atoms with Gasteiger partial charge in [-0.15, -0.1) is 11.3 Å².